The van der Waals surface area contributed by atoms with E-state index in [0.717, 1.165) is 24.0 Å². The minimum Gasteiger partial charge on any atom is -0.382 e. The van der Waals surface area contributed by atoms with E-state index in [4.69, 9.17) is 10.6 Å². The van der Waals surface area contributed by atoms with E-state index in [1.807, 2.05) is 26.8 Å². The van der Waals surface area contributed by atoms with Gasteiger partial charge < -0.3 is 4.74 Å². The smallest absolute Gasteiger partial charge is 0.128 e. The summed E-state index contributed by atoms with van der Waals surface area (Å²) in [5.74, 6) is 5.36. The molecule has 1 aromatic rings. The van der Waals surface area contributed by atoms with Crippen molar-refractivity contribution < 1.29 is 9.13 Å². The number of benzene rings is 1. The van der Waals surface area contributed by atoms with Crippen molar-refractivity contribution in [3.05, 3.63) is 34.6 Å². The van der Waals surface area contributed by atoms with Gasteiger partial charge in [-0.3, -0.25) is 11.3 Å². The molecule has 0 amide bonds. The summed E-state index contributed by atoms with van der Waals surface area (Å²) in [5.41, 5.74) is 5.22. The van der Waals surface area contributed by atoms with Crippen LogP contribution in [0.4, 0.5) is 4.39 Å². The number of methoxy groups -OCH3 is 1. The fourth-order valence-electron chi connectivity index (χ4n) is 2.20. The fourth-order valence-corrected chi connectivity index (χ4v) is 2.20. The highest BCUT2D eigenvalue weighted by Crippen LogP contribution is 2.26. The summed E-state index contributed by atoms with van der Waals surface area (Å²) < 4.78 is 19.2. The molecule has 1 rings (SSSR count). The molecule has 0 aliphatic heterocycles. The molecule has 0 radical (unpaired) electrons. The van der Waals surface area contributed by atoms with Crippen molar-refractivity contribution in [2.75, 3.05) is 7.11 Å². The van der Waals surface area contributed by atoms with E-state index in [2.05, 4.69) is 5.43 Å². The van der Waals surface area contributed by atoms with Crippen LogP contribution in [-0.2, 0) is 4.74 Å². The Kier molecular flexibility index (Phi) is 5.72. The summed E-state index contributed by atoms with van der Waals surface area (Å²) in [4.78, 5) is 0. The van der Waals surface area contributed by atoms with Crippen LogP contribution in [-0.4, -0.2) is 13.2 Å². The molecule has 0 fully saturated rings. The normalized spacial score (nSPS) is 14.6. The molecule has 0 heterocycles. The number of nitrogens with one attached hydrogen (secondary N) is 1. The first kappa shape index (κ1) is 15.1. The lowest BCUT2D eigenvalue weighted by Gasteiger charge is -2.21. The Morgan fingerprint density at radius 2 is 2.00 bits per heavy atom. The van der Waals surface area contributed by atoms with Gasteiger partial charge in [0, 0.05) is 18.7 Å². The van der Waals surface area contributed by atoms with E-state index >= 15 is 0 Å². The monoisotopic (exact) mass is 254 g/mol. The molecule has 0 saturated carbocycles. The van der Waals surface area contributed by atoms with Crippen LogP contribution < -0.4 is 11.3 Å². The second kappa shape index (κ2) is 6.83. The van der Waals surface area contributed by atoms with E-state index < -0.39 is 0 Å². The average molecular weight is 254 g/mol. The number of aryl methyl sites for hydroxylation is 2. The van der Waals surface area contributed by atoms with Gasteiger partial charge in [0.05, 0.1) is 6.10 Å². The molecule has 3 nitrogen and oxygen atoms in total. The van der Waals surface area contributed by atoms with Crippen LogP contribution >= 0.6 is 0 Å². The largest absolute Gasteiger partial charge is 0.382 e. The van der Waals surface area contributed by atoms with Gasteiger partial charge in [0.15, 0.2) is 0 Å². The van der Waals surface area contributed by atoms with Crippen LogP contribution in [0.25, 0.3) is 0 Å². The fraction of sp³-hybridized carbons (Fsp3) is 0.571. The van der Waals surface area contributed by atoms with Crippen molar-refractivity contribution in [3.63, 3.8) is 0 Å². The Morgan fingerprint density at radius 1 is 1.33 bits per heavy atom. The van der Waals surface area contributed by atoms with Gasteiger partial charge >= 0.3 is 0 Å². The lowest BCUT2D eigenvalue weighted by atomic mass is 9.95. The number of halogens is 1. The summed E-state index contributed by atoms with van der Waals surface area (Å²) in [5, 5.41) is 0. The second-order valence-electron chi connectivity index (χ2n) is 4.82. The van der Waals surface area contributed by atoms with Gasteiger partial charge in [-0.05, 0) is 50.8 Å². The zero-order chi connectivity index (χ0) is 13.7. The molecule has 1 aromatic carbocycles. The van der Waals surface area contributed by atoms with E-state index in [1.165, 1.54) is 0 Å². The third-order valence-electron chi connectivity index (χ3n) is 3.29. The van der Waals surface area contributed by atoms with Crippen LogP contribution in [0, 0.1) is 19.7 Å². The Bertz CT molecular complexity index is 372. The first-order chi connectivity index (χ1) is 8.49. The SMILES string of the molecule is COC(C)CCC(NN)c1c(C)cc(C)cc1F. The molecular weight excluding hydrogens is 231 g/mol. The van der Waals surface area contributed by atoms with E-state index in [-0.39, 0.29) is 18.0 Å². The van der Waals surface area contributed by atoms with Crippen molar-refractivity contribution in [1.29, 1.82) is 0 Å². The number of rotatable bonds is 6. The van der Waals surface area contributed by atoms with Crippen molar-refractivity contribution in [3.8, 4) is 0 Å². The lowest BCUT2D eigenvalue weighted by Crippen LogP contribution is -2.30. The molecule has 18 heavy (non-hydrogen) atoms. The number of nitrogens with two attached hydrogens (primary N) is 1. The molecule has 0 saturated heterocycles. The lowest BCUT2D eigenvalue weighted by molar-refractivity contribution is 0.106. The molecule has 0 aliphatic rings. The van der Waals surface area contributed by atoms with Crippen LogP contribution in [0.15, 0.2) is 12.1 Å². The molecular formula is C14H23FN2O. The molecule has 2 unspecified atom stereocenters. The van der Waals surface area contributed by atoms with E-state index in [9.17, 15) is 4.39 Å². The summed E-state index contributed by atoms with van der Waals surface area (Å²) in [7, 11) is 1.67. The zero-order valence-electron chi connectivity index (χ0n) is 11.6. The number of hydrogen-bond donors (Lipinski definition) is 2. The van der Waals surface area contributed by atoms with E-state index in [1.54, 1.807) is 13.2 Å². The molecule has 2 atom stereocenters. The summed E-state index contributed by atoms with van der Waals surface area (Å²) in [6.07, 6.45) is 1.72. The first-order valence-electron chi connectivity index (χ1n) is 6.25. The molecule has 4 heteroatoms. The van der Waals surface area contributed by atoms with Crippen LogP contribution in [0.2, 0.25) is 0 Å². The molecule has 0 aliphatic carbocycles. The average Bonchev–Trinajstić information content (AvgIpc) is 2.31. The first-order valence-corrected chi connectivity index (χ1v) is 6.25. The molecule has 0 aromatic heterocycles. The number of ether oxygens (including phenoxy) is 1. The standard InChI is InChI=1S/C14H23FN2O/c1-9-7-10(2)14(12(15)8-9)13(17-16)6-5-11(3)18-4/h7-8,11,13,17H,5-6,16H2,1-4H3. The highest BCUT2D eigenvalue weighted by Gasteiger charge is 2.18. The maximum atomic E-state index is 14.0. The Hall–Kier alpha value is -0.970. The van der Waals surface area contributed by atoms with Gasteiger partial charge in [-0.25, -0.2) is 4.39 Å². The van der Waals surface area contributed by atoms with Crippen LogP contribution in [0.1, 0.15) is 42.5 Å². The van der Waals surface area contributed by atoms with Gasteiger partial charge in [0.2, 0.25) is 0 Å². The van der Waals surface area contributed by atoms with Crippen LogP contribution in [0.3, 0.4) is 0 Å². The quantitative estimate of drug-likeness (QED) is 0.606. The number of hydrogen-bond acceptors (Lipinski definition) is 3. The summed E-state index contributed by atoms with van der Waals surface area (Å²) >= 11 is 0. The third kappa shape index (κ3) is 3.77. The molecule has 3 N–H and O–H groups in total. The Labute approximate surface area is 108 Å². The predicted octanol–water partition coefficient (Wildman–Crippen LogP) is 2.76. The summed E-state index contributed by atoms with van der Waals surface area (Å²) in [6, 6.07) is 3.35. The molecule has 102 valence electrons. The van der Waals surface area contributed by atoms with E-state index in [0.29, 0.717) is 5.56 Å². The maximum Gasteiger partial charge on any atom is 0.128 e. The van der Waals surface area contributed by atoms with Gasteiger partial charge in [0.1, 0.15) is 5.82 Å². The molecule has 0 spiro atoms. The molecule has 0 bridgehead atoms. The third-order valence-corrected chi connectivity index (χ3v) is 3.29. The number of hydrazine groups is 1. The highest BCUT2D eigenvalue weighted by molar-refractivity contribution is 5.34. The minimum atomic E-state index is -0.194. The van der Waals surface area contributed by atoms with Crippen molar-refractivity contribution >= 4 is 0 Å². The van der Waals surface area contributed by atoms with Gasteiger partial charge in [-0.1, -0.05) is 6.07 Å². The van der Waals surface area contributed by atoms with Gasteiger partial charge in [0.25, 0.3) is 0 Å². The minimum absolute atomic E-state index is 0.148. The van der Waals surface area contributed by atoms with Gasteiger partial charge in [-0.15, -0.1) is 0 Å². The second-order valence-corrected chi connectivity index (χ2v) is 4.82. The Morgan fingerprint density at radius 3 is 2.50 bits per heavy atom. The predicted molar refractivity (Wildman–Crippen MR) is 71.6 cm³/mol. The van der Waals surface area contributed by atoms with Crippen LogP contribution in [0.5, 0.6) is 0 Å². The maximum absolute atomic E-state index is 14.0. The van der Waals surface area contributed by atoms with Gasteiger partial charge in [-0.2, -0.15) is 0 Å². The van der Waals surface area contributed by atoms with Crippen molar-refractivity contribution in [2.24, 2.45) is 5.84 Å². The van der Waals surface area contributed by atoms with Crippen molar-refractivity contribution in [2.45, 2.75) is 45.8 Å². The zero-order valence-corrected chi connectivity index (χ0v) is 11.6. The topological polar surface area (TPSA) is 47.3 Å². The highest BCUT2D eigenvalue weighted by atomic mass is 19.1. The Balaban J connectivity index is 2.88. The van der Waals surface area contributed by atoms with Crippen molar-refractivity contribution in [1.82, 2.24) is 5.43 Å². The summed E-state index contributed by atoms with van der Waals surface area (Å²) in [6.45, 7) is 5.79.